The Bertz CT molecular complexity index is 196. The summed E-state index contributed by atoms with van der Waals surface area (Å²) < 4.78 is 9.91. The van der Waals surface area contributed by atoms with Crippen molar-refractivity contribution >= 4 is 17.8 Å². The van der Waals surface area contributed by atoms with Gasteiger partial charge in [0.05, 0.1) is 5.88 Å². The third-order valence-electron chi connectivity index (χ3n) is 1.25. The van der Waals surface area contributed by atoms with Crippen molar-refractivity contribution in [3.8, 4) is 0 Å². The fourth-order valence-corrected chi connectivity index (χ4v) is 0.928. The summed E-state index contributed by atoms with van der Waals surface area (Å²) >= 11 is 5.58. The first-order chi connectivity index (χ1) is 6.39. The van der Waals surface area contributed by atoms with Crippen molar-refractivity contribution in [2.75, 3.05) is 5.88 Å². The number of hydrogen-bond donors (Lipinski definition) is 0. The van der Waals surface area contributed by atoms with E-state index in [0.29, 0.717) is 6.42 Å². The van der Waals surface area contributed by atoms with Gasteiger partial charge in [-0.05, 0) is 20.8 Å². The summed E-state index contributed by atoms with van der Waals surface area (Å²) in [6, 6.07) is 0. The first-order valence-corrected chi connectivity index (χ1v) is 4.99. The molecule has 3 nitrogen and oxygen atoms in total. The standard InChI is InChI=1S/C10H17ClO3/c1-5-6-8(7-11)13-9(12)14-10(2,3)4/h5,8H,1,6-7H2,2-4H3/t8-/m0/s1. The van der Waals surface area contributed by atoms with Gasteiger partial charge in [0.2, 0.25) is 0 Å². The lowest BCUT2D eigenvalue weighted by Gasteiger charge is -2.21. The molecule has 0 fully saturated rings. The van der Waals surface area contributed by atoms with Gasteiger partial charge in [0.1, 0.15) is 11.7 Å². The summed E-state index contributed by atoms with van der Waals surface area (Å²) in [5.74, 6) is 0.241. The smallest absolute Gasteiger partial charge is 0.429 e. The van der Waals surface area contributed by atoms with Crippen molar-refractivity contribution in [1.82, 2.24) is 0 Å². The van der Waals surface area contributed by atoms with Crippen LogP contribution in [0.4, 0.5) is 4.79 Å². The van der Waals surface area contributed by atoms with E-state index in [1.54, 1.807) is 26.8 Å². The fourth-order valence-electron chi connectivity index (χ4n) is 0.739. The van der Waals surface area contributed by atoms with Crippen LogP contribution in [-0.4, -0.2) is 23.7 Å². The third kappa shape index (κ3) is 6.78. The highest BCUT2D eigenvalue weighted by Gasteiger charge is 2.20. The van der Waals surface area contributed by atoms with Crippen LogP contribution in [0.1, 0.15) is 27.2 Å². The molecule has 0 saturated heterocycles. The highest BCUT2D eigenvalue weighted by atomic mass is 35.5. The number of ether oxygens (including phenoxy) is 2. The van der Waals surface area contributed by atoms with E-state index >= 15 is 0 Å². The lowest BCUT2D eigenvalue weighted by atomic mass is 10.2. The predicted molar refractivity (Wildman–Crippen MR) is 56.6 cm³/mol. The van der Waals surface area contributed by atoms with E-state index < -0.39 is 11.8 Å². The van der Waals surface area contributed by atoms with Crippen molar-refractivity contribution in [3.63, 3.8) is 0 Å². The second kappa shape index (κ2) is 5.91. The van der Waals surface area contributed by atoms with E-state index in [2.05, 4.69) is 6.58 Å². The molecule has 0 saturated carbocycles. The summed E-state index contributed by atoms with van der Waals surface area (Å²) in [5.41, 5.74) is -0.540. The number of hydrogen-bond acceptors (Lipinski definition) is 3. The zero-order valence-corrected chi connectivity index (χ0v) is 9.63. The Morgan fingerprint density at radius 3 is 2.50 bits per heavy atom. The molecule has 0 aliphatic heterocycles. The minimum Gasteiger partial charge on any atom is -0.429 e. The number of alkyl halides is 1. The van der Waals surface area contributed by atoms with Crippen molar-refractivity contribution in [3.05, 3.63) is 12.7 Å². The molecule has 82 valence electrons. The van der Waals surface area contributed by atoms with Crippen LogP contribution in [0, 0.1) is 0 Å². The SMILES string of the molecule is C=CC[C@@H](CCl)OC(=O)OC(C)(C)C. The molecule has 4 heteroatoms. The Labute approximate surface area is 90.0 Å². The van der Waals surface area contributed by atoms with Gasteiger partial charge in [0.15, 0.2) is 0 Å². The molecule has 0 amide bonds. The normalized spacial score (nSPS) is 13.1. The lowest BCUT2D eigenvalue weighted by molar-refractivity contribution is -0.0219. The molecule has 0 aliphatic carbocycles. The molecule has 14 heavy (non-hydrogen) atoms. The summed E-state index contributed by atoms with van der Waals surface area (Å²) in [7, 11) is 0. The molecule has 0 radical (unpaired) electrons. The van der Waals surface area contributed by atoms with Gasteiger partial charge in [-0.1, -0.05) is 6.08 Å². The highest BCUT2D eigenvalue weighted by Crippen LogP contribution is 2.11. The molecule has 0 aromatic carbocycles. The highest BCUT2D eigenvalue weighted by molar-refractivity contribution is 6.18. The largest absolute Gasteiger partial charge is 0.509 e. The van der Waals surface area contributed by atoms with E-state index in [1.807, 2.05) is 0 Å². The Hall–Kier alpha value is -0.700. The van der Waals surface area contributed by atoms with Crippen molar-refractivity contribution < 1.29 is 14.3 Å². The van der Waals surface area contributed by atoms with Gasteiger partial charge in [0.25, 0.3) is 0 Å². The van der Waals surface area contributed by atoms with Crippen LogP contribution in [0.5, 0.6) is 0 Å². The van der Waals surface area contributed by atoms with Crippen LogP contribution >= 0.6 is 11.6 Å². The van der Waals surface area contributed by atoms with Crippen LogP contribution in [-0.2, 0) is 9.47 Å². The van der Waals surface area contributed by atoms with Crippen molar-refractivity contribution in [2.24, 2.45) is 0 Å². The van der Waals surface area contributed by atoms with Gasteiger partial charge < -0.3 is 9.47 Å². The maximum absolute atomic E-state index is 11.2. The maximum atomic E-state index is 11.2. The van der Waals surface area contributed by atoms with Crippen LogP contribution in [0.3, 0.4) is 0 Å². The van der Waals surface area contributed by atoms with E-state index in [1.165, 1.54) is 0 Å². The Balaban J connectivity index is 3.96. The molecule has 0 aromatic heterocycles. The monoisotopic (exact) mass is 220 g/mol. The molecule has 0 aromatic rings. The van der Waals surface area contributed by atoms with Crippen molar-refractivity contribution in [1.29, 1.82) is 0 Å². The van der Waals surface area contributed by atoms with Gasteiger partial charge >= 0.3 is 6.16 Å². The lowest BCUT2D eigenvalue weighted by Crippen LogP contribution is -2.28. The second-order valence-corrected chi connectivity index (χ2v) is 4.19. The molecule has 1 atom stereocenters. The average Bonchev–Trinajstić information content (AvgIpc) is 2.00. The Morgan fingerprint density at radius 1 is 1.57 bits per heavy atom. The van der Waals surface area contributed by atoms with Crippen molar-refractivity contribution in [2.45, 2.75) is 38.9 Å². The van der Waals surface area contributed by atoms with Gasteiger partial charge in [-0.2, -0.15) is 0 Å². The minimum atomic E-state index is -0.690. The number of carbonyl (C=O) groups is 1. The second-order valence-electron chi connectivity index (χ2n) is 3.88. The zero-order chi connectivity index (χ0) is 11.2. The van der Waals surface area contributed by atoms with Crippen LogP contribution in [0.2, 0.25) is 0 Å². The third-order valence-corrected chi connectivity index (χ3v) is 1.60. The molecule has 0 bridgehead atoms. The molecule has 0 aliphatic rings. The van der Waals surface area contributed by atoms with E-state index in [4.69, 9.17) is 21.1 Å². The zero-order valence-electron chi connectivity index (χ0n) is 8.88. The summed E-state index contributed by atoms with van der Waals surface area (Å²) in [6.45, 7) is 8.87. The first kappa shape index (κ1) is 13.3. The van der Waals surface area contributed by atoms with Crippen LogP contribution in [0.15, 0.2) is 12.7 Å². The Kier molecular flexibility index (Phi) is 5.62. The van der Waals surface area contributed by atoms with E-state index in [-0.39, 0.29) is 12.0 Å². The molecule has 0 N–H and O–H groups in total. The topological polar surface area (TPSA) is 35.5 Å². The number of carbonyl (C=O) groups excluding carboxylic acids is 1. The Morgan fingerprint density at radius 2 is 2.14 bits per heavy atom. The first-order valence-electron chi connectivity index (χ1n) is 4.45. The molecule has 0 unspecified atom stereocenters. The molecule has 0 rings (SSSR count). The maximum Gasteiger partial charge on any atom is 0.509 e. The van der Waals surface area contributed by atoms with Gasteiger partial charge in [0, 0.05) is 6.42 Å². The fraction of sp³-hybridized carbons (Fsp3) is 0.700. The van der Waals surface area contributed by atoms with E-state index in [9.17, 15) is 4.79 Å². The van der Waals surface area contributed by atoms with Crippen LogP contribution < -0.4 is 0 Å². The van der Waals surface area contributed by atoms with Gasteiger partial charge in [-0.3, -0.25) is 0 Å². The van der Waals surface area contributed by atoms with E-state index in [0.717, 1.165) is 0 Å². The van der Waals surface area contributed by atoms with Gasteiger partial charge in [-0.25, -0.2) is 4.79 Å². The summed E-state index contributed by atoms with van der Waals surface area (Å²) in [6.07, 6.45) is 1.13. The summed E-state index contributed by atoms with van der Waals surface area (Å²) in [4.78, 5) is 11.2. The van der Waals surface area contributed by atoms with Crippen LogP contribution in [0.25, 0.3) is 0 Å². The molecular formula is C10H17ClO3. The number of rotatable bonds is 4. The average molecular weight is 221 g/mol. The molecular weight excluding hydrogens is 204 g/mol. The summed E-state index contributed by atoms with van der Waals surface area (Å²) in [5, 5.41) is 0. The quantitative estimate of drug-likeness (QED) is 0.415. The molecule has 0 heterocycles. The predicted octanol–water partition coefficient (Wildman–Crippen LogP) is 3.12. The minimum absolute atomic E-state index is 0.241. The molecule has 0 spiro atoms. The van der Waals surface area contributed by atoms with Gasteiger partial charge in [-0.15, -0.1) is 18.2 Å². The number of halogens is 1.